The number of amides is 1. The highest BCUT2D eigenvalue weighted by atomic mass is 32.2. The molecule has 0 spiro atoms. The maximum Gasteiger partial charge on any atom is 0.512 e. The number of esters is 1. The van der Waals surface area contributed by atoms with Crippen LogP contribution in [-0.2, 0) is 50.2 Å². The highest BCUT2D eigenvalue weighted by molar-refractivity contribution is 8.00. The van der Waals surface area contributed by atoms with Gasteiger partial charge in [0.15, 0.2) is 11.9 Å². The number of hydrogen-bond acceptors (Lipinski definition) is 14. The van der Waals surface area contributed by atoms with E-state index in [0.717, 1.165) is 38.1 Å². The van der Waals surface area contributed by atoms with Crippen LogP contribution in [0.4, 0.5) is 18.0 Å². The van der Waals surface area contributed by atoms with Gasteiger partial charge in [-0.2, -0.15) is 10.4 Å². The minimum atomic E-state index is -1.90. The van der Waals surface area contributed by atoms with E-state index in [4.69, 9.17) is 33.7 Å². The van der Waals surface area contributed by atoms with Crippen molar-refractivity contribution in [2.75, 3.05) is 59.4 Å². The Labute approximate surface area is 355 Å². The monoisotopic (exact) mass is 868 g/mol. The Morgan fingerprint density at radius 1 is 1.00 bits per heavy atom. The van der Waals surface area contributed by atoms with Gasteiger partial charge in [-0.15, -0.1) is 11.8 Å². The Morgan fingerprint density at radius 2 is 1.77 bits per heavy atom. The van der Waals surface area contributed by atoms with E-state index in [1.807, 2.05) is 6.07 Å². The summed E-state index contributed by atoms with van der Waals surface area (Å²) in [5.74, 6) is -3.33. The summed E-state index contributed by atoms with van der Waals surface area (Å²) in [6.07, 6.45) is 8.31. The molecular weight excluding hydrogens is 822 g/mol. The Bertz CT molecular complexity index is 2050. The van der Waals surface area contributed by atoms with Gasteiger partial charge in [0, 0.05) is 61.1 Å². The number of halogens is 3. The highest BCUT2D eigenvalue weighted by Gasteiger charge is 2.47. The van der Waals surface area contributed by atoms with Crippen molar-refractivity contribution >= 4 is 35.9 Å². The normalized spacial score (nSPS) is 20.5. The first-order valence-corrected chi connectivity index (χ1v) is 20.8. The zero-order valence-corrected chi connectivity index (χ0v) is 34.4. The number of piperidine rings is 1. The molecule has 2 unspecified atom stereocenters. The minimum Gasteiger partial charge on any atom is -0.428 e. The van der Waals surface area contributed by atoms with E-state index < -0.39 is 53.5 Å². The van der Waals surface area contributed by atoms with Crippen LogP contribution in [0.3, 0.4) is 0 Å². The maximum absolute atomic E-state index is 15.7. The van der Waals surface area contributed by atoms with Gasteiger partial charge < -0.3 is 33.3 Å². The van der Waals surface area contributed by atoms with E-state index in [2.05, 4.69) is 15.0 Å². The molecule has 3 saturated heterocycles. The van der Waals surface area contributed by atoms with Crippen molar-refractivity contribution in [2.24, 2.45) is 0 Å². The fourth-order valence-electron chi connectivity index (χ4n) is 7.31. The number of nitriles is 1. The Balaban J connectivity index is 1.03. The number of carbonyl (C=O) groups excluding carboxylic acids is 3. The molecule has 0 bridgehead atoms. The van der Waals surface area contributed by atoms with Gasteiger partial charge in [-0.1, -0.05) is 24.3 Å². The molecule has 19 heteroatoms. The van der Waals surface area contributed by atoms with Crippen molar-refractivity contribution in [1.82, 2.24) is 24.6 Å². The summed E-state index contributed by atoms with van der Waals surface area (Å²) in [4.78, 5) is 46.9. The molecule has 1 amide bonds. The second-order valence-corrected chi connectivity index (χ2v) is 16.2. The number of thioether (sulfide) groups is 1. The maximum atomic E-state index is 15.7. The predicted octanol–water partition coefficient (Wildman–Crippen LogP) is 5.35. The third-order valence-corrected chi connectivity index (χ3v) is 12.0. The molecule has 3 fully saturated rings. The zero-order chi connectivity index (χ0) is 43.2. The number of nitrogens with zero attached hydrogens (tertiary/aromatic N) is 6. The number of benzene rings is 2. The van der Waals surface area contributed by atoms with Crippen LogP contribution < -0.4 is 0 Å². The quantitative estimate of drug-likeness (QED) is 0.103. The highest BCUT2D eigenvalue weighted by Crippen LogP contribution is 2.42. The summed E-state index contributed by atoms with van der Waals surface area (Å²) in [7, 11) is 0. The zero-order valence-electron chi connectivity index (χ0n) is 33.5. The molecule has 3 aromatic rings. The summed E-state index contributed by atoms with van der Waals surface area (Å²) in [6, 6.07) is 9.31. The summed E-state index contributed by atoms with van der Waals surface area (Å²) in [5.41, 5.74) is -1.57. The standard InChI is InChI=1S/C42H47F3N6O9S/c1-29(61-34-23-56-40(57-24-34)5-3-2-4-31-7-6-30(22-46)20-36(31)44)42(25-51-27-47-26-48-51,35-9-8-32(43)21-37(35)45)60-41(54)59-28-58-39(53)11-10-38(52)50-14-12-33(13-15-50)49-16-18-55-19-17-49/h2-9,20-21,26-27,29,33-34,40H,10-19,23-25,28H2,1H3. The summed E-state index contributed by atoms with van der Waals surface area (Å²) in [5, 5.41) is 11.9. The number of carbonyl (C=O) groups is 3. The first-order chi connectivity index (χ1) is 29.5. The van der Waals surface area contributed by atoms with Crippen LogP contribution in [0.2, 0.25) is 0 Å². The van der Waals surface area contributed by atoms with Crippen LogP contribution in [0.25, 0.3) is 6.08 Å². The van der Waals surface area contributed by atoms with E-state index in [1.54, 1.807) is 30.1 Å². The lowest BCUT2D eigenvalue weighted by Crippen LogP contribution is -2.50. The molecule has 3 aliphatic heterocycles. The van der Waals surface area contributed by atoms with Crippen molar-refractivity contribution in [3.63, 3.8) is 0 Å². The molecule has 0 radical (unpaired) electrons. The van der Waals surface area contributed by atoms with Crippen LogP contribution >= 0.6 is 11.8 Å². The topological polar surface area (TPSA) is 168 Å². The second-order valence-electron chi connectivity index (χ2n) is 14.5. The number of aromatic nitrogens is 3. The SMILES string of the molecule is CC(SC1COC(C=CC=Cc2ccc(C#N)cc2F)OC1)C(Cn1cncn1)(OC(=O)OCOC(=O)CCC(=O)N1CCC(N2CCOCC2)CC1)c1ccc(F)cc1F. The lowest BCUT2D eigenvalue weighted by atomic mass is 9.89. The van der Waals surface area contributed by atoms with E-state index in [0.29, 0.717) is 44.0 Å². The van der Waals surface area contributed by atoms with E-state index in [9.17, 15) is 23.2 Å². The van der Waals surface area contributed by atoms with Gasteiger partial charge in [-0.25, -0.2) is 27.6 Å². The molecular formula is C42H47F3N6O9S. The van der Waals surface area contributed by atoms with Crippen molar-refractivity contribution in [2.45, 2.75) is 67.6 Å². The average Bonchev–Trinajstić information content (AvgIpc) is 3.78. The van der Waals surface area contributed by atoms with Crippen molar-refractivity contribution < 1.29 is 56.0 Å². The first kappa shape index (κ1) is 45.3. The third-order valence-electron chi connectivity index (χ3n) is 10.6. The lowest BCUT2D eigenvalue weighted by molar-refractivity contribution is -0.157. The van der Waals surface area contributed by atoms with Crippen LogP contribution in [0, 0.1) is 28.8 Å². The van der Waals surface area contributed by atoms with Crippen LogP contribution in [0.15, 0.2) is 67.3 Å². The first-order valence-electron chi connectivity index (χ1n) is 19.8. The van der Waals surface area contributed by atoms with Gasteiger partial charge in [0.25, 0.3) is 0 Å². The van der Waals surface area contributed by atoms with Gasteiger partial charge >= 0.3 is 12.1 Å². The Morgan fingerprint density at radius 3 is 2.46 bits per heavy atom. The van der Waals surface area contributed by atoms with Crippen LogP contribution in [-0.4, -0.2) is 125 Å². The van der Waals surface area contributed by atoms with Crippen LogP contribution in [0.1, 0.15) is 49.3 Å². The molecule has 4 heterocycles. The second kappa shape index (κ2) is 22.0. The Hall–Kier alpha value is -5.26. The fourth-order valence-corrected chi connectivity index (χ4v) is 8.67. The largest absolute Gasteiger partial charge is 0.512 e. The fraction of sp³-hybridized carbons (Fsp3) is 0.476. The molecule has 326 valence electrons. The molecule has 15 nitrogen and oxygen atoms in total. The van der Waals surface area contributed by atoms with E-state index >= 15 is 4.39 Å². The van der Waals surface area contributed by atoms with Gasteiger partial charge in [0.1, 0.15) is 30.1 Å². The number of rotatable bonds is 16. The molecule has 2 atom stereocenters. The van der Waals surface area contributed by atoms with Crippen LogP contribution in [0.5, 0.6) is 0 Å². The molecule has 2 aromatic carbocycles. The third kappa shape index (κ3) is 12.6. The van der Waals surface area contributed by atoms with Crippen molar-refractivity contribution in [3.05, 3.63) is 101 Å². The number of ether oxygens (including phenoxy) is 6. The molecule has 0 saturated carbocycles. The number of allylic oxidation sites excluding steroid dienone is 2. The molecule has 61 heavy (non-hydrogen) atoms. The van der Waals surface area contributed by atoms with E-state index in [1.165, 1.54) is 53.4 Å². The van der Waals surface area contributed by atoms with Crippen molar-refractivity contribution in [1.29, 1.82) is 5.26 Å². The lowest BCUT2D eigenvalue weighted by Gasteiger charge is -2.40. The molecule has 6 rings (SSSR count). The smallest absolute Gasteiger partial charge is 0.428 e. The molecule has 0 N–H and O–H groups in total. The number of hydrogen-bond donors (Lipinski definition) is 0. The van der Waals surface area contributed by atoms with E-state index in [-0.39, 0.29) is 54.9 Å². The van der Waals surface area contributed by atoms with Gasteiger partial charge in [0.05, 0.1) is 56.3 Å². The molecule has 1 aromatic heterocycles. The summed E-state index contributed by atoms with van der Waals surface area (Å²) in [6.45, 7) is 5.24. The molecule has 0 aliphatic carbocycles. The Kier molecular flexibility index (Phi) is 16.3. The van der Waals surface area contributed by atoms with Gasteiger partial charge in [-0.3, -0.25) is 14.5 Å². The molecule has 3 aliphatic rings. The summed E-state index contributed by atoms with van der Waals surface area (Å²) >= 11 is 1.25. The van der Waals surface area contributed by atoms with Gasteiger partial charge in [-0.05, 0) is 50.1 Å². The number of likely N-dealkylation sites (tertiary alicyclic amines) is 1. The van der Waals surface area contributed by atoms with Crippen molar-refractivity contribution in [3.8, 4) is 6.07 Å². The van der Waals surface area contributed by atoms with Gasteiger partial charge in [0.2, 0.25) is 12.7 Å². The summed E-state index contributed by atoms with van der Waals surface area (Å²) < 4.78 is 78.9. The minimum absolute atomic E-state index is 0.0745. The average molecular weight is 869 g/mol. The number of morpholine rings is 1. The predicted molar refractivity (Wildman–Crippen MR) is 214 cm³/mol.